The molecule has 3 heterocycles. The van der Waals surface area contributed by atoms with E-state index in [1.807, 2.05) is 0 Å². The van der Waals surface area contributed by atoms with Crippen LogP contribution < -0.4 is 10.3 Å². The molecule has 0 radical (unpaired) electrons. The van der Waals surface area contributed by atoms with Crippen LogP contribution in [0.5, 0.6) is 5.75 Å². The van der Waals surface area contributed by atoms with Crippen LogP contribution in [0.25, 0.3) is 11.0 Å². The van der Waals surface area contributed by atoms with Gasteiger partial charge in [0.1, 0.15) is 17.7 Å². The first-order valence-electron chi connectivity index (χ1n) is 12.2. The fraction of sp³-hybridized carbons (Fsp3) is 0.462. The summed E-state index contributed by atoms with van der Waals surface area (Å²) in [4.78, 5) is 37.1. The summed E-state index contributed by atoms with van der Waals surface area (Å²) in [5.41, 5.74) is -2.56. The number of nitrogens with zero attached hydrogens (tertiary/aromatic N) is 3. The highest BCUT2D eigenvalue weighted by Gasteiger charge is 2.49. The Morgan fingerprint density at radius 3 is 2.59 bits per heavy atom. The fourth-order valence-corrected chi connectivity index (χ4v) is 4.99. The molecule has 2 N–H and O–H groups in total. The van der Waals surface area contributed by atoms with E-state index in [-0.39, 0.29) is 40.0 Å². The van der Waals surface area contributed by atoms with Gasteiger partial charge in [-0.15, -0.1) is 0 Å². The molecule has 1 saturated heterocycles. The second-order valence-electron chi connectivity index (χ2n) is 9.92. The number of pyridine rings is 1. The summed E-state index contributed by atoms with van der Waals surface area (Å²) >= 11 is 0. The van der Waals surface area contributed by atoms with Gasteiger partial charge in [-0.05, 0) is 69.9 Å². The Labute approximate surface area is 210 Å². The number of aliphatic hydroxyl groups is 1. The number of ether oxygens (including phenoxy) is 1. The number of rotatable bonds is 5. The van der Waals surface area contributed by atoms with Crippen LogP contribution in [0.1, 0.15) is 66.2 Å². The predicted octanol–water partition coefficient (Wildman–Crippen LogP) is 4.16. The number of amides is 1. The standard InChI is InChI=1S/C26H27F3N4O4/c1-14(19-12-20-22(30-15(2)31-23(20)34)32-21(19)26(27,28)29)37-18-7-5-16(6-8-18)24(35)33-11-3-4-17(13-33)25(36)9-10-25/h5-8,12,14,17,36H,3-4,9-11,13H2,1-2H3,(H,30,31,32,34)/t14-,17?/m0/s1. The Bertz CT molecular complexity index is 1400. The molecule has 1 unspecified atom stereocenters. The number of benzene rings is 1. The lowest BCUT2D eigenvalue weighted by atomic mass is 9.90. The molecule has 1 aromatic carbocycles. The summed E-state index contributed by atoms with van der Waals surface area (Å²) in [5.74, 6) is 0.345. The van der Waals surface area contributed by atoms with E-state index in [1.54, 1.807) is 17.0 Å². The summed E-state index contributed by atoms with van der Waals surface area (Å²) in [5, 5.41) is 10.4. The number of fused-ring (bicyclic) bond motifs is 1. The van der Waals surface area contributed by atoms with Crippen molar-refractivity contribution in [3.8, 4) is 5.75 Å². The number of aryl methyl sites for hydroxylation is 1. The molecule has 2 aromatic heterocycles. The molecule has 2 fully saturated rings. The molecule has 11 heteroatoms. The monoisotopic (exact) mass is 516 g/mol. The average molecular weight is 517 g/mol. The highest BCUT2D eigenvalue weighted by atomic mass is 19.4. The molecule has 2 atom stereocenters. The van der Waals surface area contributed by atoms with Gasteiger partial charge in [0.25, 0.3) is 11.5 Å². The van der Waals surface area contributed by atoms with E-state index in [4.69, 9.17) is 4.74 Å². The van der Waals surface area contributed by atoms with E-state index in [9.17, 15) is 27.9 Å². The lowest BCUT2D eigenvalue weighted by Gasteiger charge is -2.35. The van der Waals surface area contributed by atoms with Crippen molar-refractivity contribution >= 4 is 16.9 Å². The zero-order chi connectivity index (χ0) is 26.5. The van der Waals surface area contributed by atoms with Gasteiger partial charge in [0.15, 0.2) is 11.3 Å². The van der Waals surface area contributed by atoms with Crippen LogP contribution in [0.2, 0.25) is 0 Å². The lowest BCUT2D eigenvalue weighted by molar-refractivity contribution is -0.142. The Kier molecular flexibility index (Phi) is 6.21. The Morgan fingerprint density at radius 1 is 1.24 bits per heavy atom. The maximum Gasteiger partial charge on any atom is 0.433 e. The topological polar surface area (TPSA) is 108 Å². The molecule has 0 spiro atoms. The van der Waals surface area contributed by atoms with Crippen LogP contribution in [0.15, 0.2) is 35.1 Å². The number of carbonyl (C=O) groups excluding carboxylic acids is 1. The summed E-state index contributed by atoms with van der Waals surface area (Å²) in [6.07, 6.45) is -2.60. The van der Waals surface area contributed by atoms with E-state index < -0.39 is 29.1 Å². The Balaban J connectivity index is 1.35. The molecule has 5 rings (SSSR count). The van der Waals surface area contributed by atoms with Crippen molar-refractivity contribution in [1.29, 1.82) is 0 Å². The van der Waals surface area contributed by atoms with E-state index in [0.717, 1.165) is 31.7 Å². The first-order valence-corrected chi connectivity index (χ1v) is 12.2. The molecule has 3 aromatic rings. The van der Waals surface area contributed by atoms with Crippen molar-refractivity contribution in [3.05, 3.63) is 63.3 Å². The average Bonchev–Trinajstić information content (AvgIpc) is 3.61. The zero-order valence-electron chi connectivity index (χ0n) is 20.4. The van der Waals surface area contributed by atoms with Gasteiger partial charge in [-0.3, -0.25) is 9.59 Å². The molecule has 1 aliphatic carbocycles. The fourth-order valence-electron chi connectivity index (χ4n) is 4.99. The molecule has 8 nitrogen and oxygen atoms in total. The number of piperidine rings is 1. The predicted molar refractivity (Wildman–Crippen MR) is 128 cm³/mol. The van der Waals surface area contributed by atoms with Gasteiger partial charge in [-0.1, -0.05) is 0 Å². The van der Waals surface area contributed by atoms with Crippen molar-refractivity contribution in [3.63, 3.8) is 0 Å². The first-order chi connectivity index (χ1) is 17.4. The summed E-state index contributed by atoms with van der Waals surface area (Å²) < 4.78 is 47.2. The van der Waals surface area contributed by atoms with Crippen LogP contribution >= 0.6 is 0 Å². The summed E-state index contributed by atoms with van der Waals surface area (Å²) in [7, 11) is 0. The van der Waals surface area contributed by atoms with Crippen molar-refractivity contribution in [2.45, 2.75) is 57.4 Å². The largest absolute Gasteiger partial charge is 0.486 e. The van der Waals surface area contributed by atoms with Gasteiger partial charge in [0.2, 0.25) is 0 Å². The first kappa shape index (κ1) is 25.2. The van der Waals surface area contributed by atoms with Crippen LogP contribution in [-0.2, 0) is 6.18 Å². The third kappa shape index (κ3) is 5.04. The molecule has 37 heavy (non-hydrogen) atoms. The minimum atomic E-state index is -4.78. The van der Waals surface area contributed by atoms with Gasteiger partial charge in [-0.2, -0.15) is 13.2 Å². The Morgan fingerprint density at radius 2 is 1.95 bits per heavy atom. The van der Waals surface area contributed by atoms with E-state index in [0.29, 0.717) is 18.7 Å². The summed E-state index contributed by atoms with van der Waals surface area (Å²) in [6, 6.07) is 7.30. The van der Waals surface area contributed by atoms with Crippen LogP contribution in [-0.4, -0.2) is 49.6 Å². The number of aromatic amines is 1. The number of halogens is 3. The van der Waals surface area contributed by atoms with E-state index in [2.05, 4.69) is 15.0 Å². The van der Waals surface area contributed by atoms with Crippen molar-refractivity contribution in [2.24, 2.45) is 5.92 Å². The minimum absolute atomic E-state index is 0.0688. The number of carbonyl (C=O) groups is 1. The third-order valence-electron chi connectivity index (χ3n) is 7.20. The second-order valence-corrected chi connectivity index (χ2v) is 9.92. The maximum atomic E-state index is 13.8. The van der Waals surface area contributed by atoms with Gasteiger partial charge < -0.3 is 19.7 Å². The molecule has 2 aliphatic rings. The van der Waals surface area contributed by atoms with Gasteiger partial charge in [0, 0.05) is 30.1 Å². The molecular weight excluding hydrogens is 489 g/mol. The molecule has 196 valence electrons. The second kappa shape index (κ2) is 9.13. The number of nitrogens with one attached hydrogen (secondary N) is 1. The number of hydrogen-bond acceptors (Lipinski definition) is 6. The quantitative estimate of drug-likeness (QED) is 0.527. The Hall–Kier alpha value is -3.47. The number of hydrogen-bond donors (Lipinski definition) is 2. The molecule has 1 saturated carbocycles. The number of aromatic nitrogens is 3. The number of alkyl halides is 3. The van der Waals surface area contributed by atoms with Crippen LogP contribution in [0.3, 0.4) is 0 Å². The van der Waals surface area contributed by atoms with E-state index >= 15 is 0 Å². The molecule has 0 bridgehead atoms. The SMILES string of the molecule is Cc1nc2nc(C(F)(F)F)c([C@H](C)Oc3ccc(C(=O)N4CCCC(C5(O)CC5)C4)cc3)cc2c(=O)[nH]1. The zero-order valence-corrected chi connectivity index (χ0v) is 20.4. The smallest absolute Gasteiger partial charge is 0.433 e. The highest BCUT2D eigenvalue weighted by molar-refractivity contribution is 5.94. The molecule has 1 aliphatic heterocycles. The van der Waals surface area contributed by atoms with Gasteiger partial charge in [0.05, 0.1) is 11.0 Å². The molecule has 1 amide bonds. The normalized spacial score (nSPS) is 20.1. The van der Waals surface area contributed by atoms with Crippen LogP contribution in [0.4, 0.5) is 13.2 Å². The maximum absolute atomic E-state index is 13.8. The van der Waals surface area contributed by atoms with Gasteiger partial charge in [-0.25, -0.2) is 9.97 Å². The van der Waals surface area contributed by atoms with Crippen LogP contribution in [0, 0.1) is 12.8 Å². The van der Waals surface area contributed by atoms with E-state index in [1.165, 1.54) is 26.0 Å². The number of likely N-dealkylation sites (tertiary alicyclic amines) is 1. The highest BCUT2D eigenvalue weighted by Crippen LogP contribution is 2.45. The summed E-state index contributed by atoms with van der Waals surface area (Å²) in [6.45, 7) is 4.02. The van der Waals surface area contributed by atoms with Crippen molar-refractivity contribution in [1.82, 2.24) is 19.9 Å². The molecular formula is C26H27F3N4O4. The lowest BCUT2D eigenvalue weighted by Crippen LogP contribution is -2.44. The number of H-pyrrole nitrogens is 1. The van der Waals surface area contributed by atoms with Crippen molar-refractivity contribution < 1.29 is 27.8 Å². The van der Waals surface area contributed by atoms with Gasteiger partial charge >= 0.3 is 6.18 Å². The van der Waals surface area contributed by atoms with Crippen molar-refractivity contribution in [2.75, 3.05) is 13.1 Å². The third-order valence-corrected chi connectivity index (χ3v) is 7.20. The minimum Gasteiger partial charge on any atom is -0.486 e.